The van der Waals surface area contributed by atoms with Crippen LogP contribution in [0.3, 0.4) is 0 Å². The maximum absolute atomic E-state index is 12.8. The van der Waals surface area contributed by atoms with E-state index in [0.29, 0.717) is 12.2 Å². The van der Waals surface area contributed by atoms with Crippen LogP contribution in [0.25, 0.3) is 0 Å². The molecule has 0 aliphatic carbocycles. The van der Waals surface area contributed by atoms with Crippen molar-refractivity contribution in [2.24, 2.45) is 0 Å². The molecule has 178 valence electrons. The Kier molecular flexibility index (Phi) is 7.84. The number of benzene rings is 3. The summed E-state index contributed by atoms with van der Waals surface area (Å²) in [7, 11) is -3.96. The molecule has 1 heterocycles. The number of para-hydroxylation sites is 1. The SMILES string of the molecule is O=C(NCc1ccc(CN2CCOCC2)cc1)c1ccc(Cl)c(S(=O)(=O)Nc2ccccc2)c1. The minimum absolute atomic E-state index is 0.0378. The Bertz CT molecular complexity index is 1230. The third-order valence-corrected chi connectivity index (χ3v) is 7.36. The van der Waals surface area contributed by atoms with Gasteiger partial charge in [0.15, 0.2) is 0 Å². The summed E-state index contributed by atoms with van der Waals surface area (Å²) in [6, 6.07) is 20.8. The van der Waals surface area contributed by atoms with Gasteiger partial charge >= 0.3 is 0 Å². The van der Waals surface area contributed by atoms with E-state index in [4.69, 9.17) is 16.3 Å². The second-order valence-corrected chi connectivity index (χ2v) is 10.1. The molecular formula is C25H26ClN3O4S. The third kappa shape index (κ3) is 6.36. The standard InChI is InChI=1S/C25H26ClN3O4S/c26-23-11-10-21(16-24(23)34(31,32)28-22-4-2-1-3-5-22)25(30)27-17-19-6-8-20(9-7-19)18-29-12-14-33-15-13-29/h1-11,16,28H,12-15,17-18H2,(H,27,30). The molecule has 1 fully saturated rings. The molecule has 0 spiro atoms. The molecule has 7 nitrogen and oxygen atoms in total. The molecule has 0 aromatic heterocycles. The fourth-order valence-electron chi connectivity index (χ4n) is 3.63. The first-order valence-electron chi connectivity index (χ1n) is 10.9. The number of ether oxygens (including phenoxy) is 1. The van der Waals surface area contributed by atoms with Crippen molar-refractivity contribution in [2.75, 3.05) is 31.0 Å². The van der Waals surface area contributed by atoms with Gasteiger partial charge in [-0.1, -0.05) is 54.1 Å². The monoisotopic (exact) mass is 499 g/mol. The molecule has 4 rings (SSSR count). The van der Waals surface area contributed by atoms with Crippen LogP contribution in [0, 0.1) is 0 Å². The van der Waals surface area contributed by atoms with Crippen molar-refractivity contribution in [1.82, 2.24) is 10.2 Å². The van der Waals surface area contributed by atoms with Crippen molar-refractivity contribution in [3.63, 3.8) is 0 Å². The highest BCUT2D eigenvalue weighted by atomic mass is 35.5. The van der Waals surface area contributed by atoms with E-state index in [1.165, 1.54) is 23.8 Å². The number of morpholine rings is 1. The highest BCUT2D eigenvalue weighted by Gasteiger charge is 2.20. The van der Waals surface area contributed by atoms with Crippen molar-refractivity contribution in [2.45, 2.75) is 18.0 Å². The average Bonchev–Trinajstić information content (AvgIpc) is 2.84. The van der Waals surface area contributed by atoms with Gasteiger partial charge in [0, 0.05) is 37.4 Å². The van der Waals surface area contributed by atoms with Gasteiger partial charge < -0.3 is 10.1 Å². The summed E-state index contributed by atoms with van der Waals surface area (Å²) in [6.07, 6.45) is 0. The van der Waals surface area contributed by atoms with Crippen molar-refractivity contribution in [3.05, 3.63) is 94.5 Å². The van der Waals surface area contributed by atoms with Crippen LogP contribution in [-0.4, -0.2) is 45.5 Å². The smallest absolute Gasteiger partial charge is 0.263 e. The Morgan fingerprint density at radius 2 is 1.62 bits per heavy atom. The van der Waals surface area contributed by atoms with Crippen LogP contribution in [0.2, 0.25) is 5.02 Å². The molecule has 34 heavy (non-hydrogen) atoms. The quantitative estimate of drug-likeness (QED) is 0.490. The number of hydrogen-bond acceptors (Lipinski definition) is 5. The molecule has 9 heteroatoms. The summed E-state index contributed by atoms with van der Waals surface area (Å²) in [5, 5.41) is 2.88. The zero-order chi connectivity index (χ0) is 24.0. The van der Waals surface area contributed by atoms with E-state index in [1.807, 2.05) is 12.1 Å². The molecule has 0 bridgehead atoms. The molecule has 3 aromatic carbocycles. The van der Waals surface area contributed by atoms with Crippen LogP contribution >= 0.6 is 11.6 Å². The third-order valence-electron chi connectivity index (χ3n) is 5.49. The fourth-order valence-corrected chi connectivity index (χ4v) is 5.22. The molecule has 1 amide bonds. The molecule has 1 aliphatic heterocycles. The zero-order valence-electron chi connectivity index (χ0n) is 18.5. The molecule has 0 radical (unpaired) electrons. The minimum Gasteiger partial charge on any atom is -0.379 e. The van der Waals surface area contributed by atoms with E-state index in [1.54, 1.807) is 30.3 Å². The van der Waals surface area contributed by atoms with E-state index in [9.17, 15) is 13.2 Å². The van der Waals surface area contributed by atoms with Crippen LogP contribution in [-0.2, 0) is 27.8 Å². The van der Waals surface area contributed by atoms with Crippen LogP contribution < -0.4 is 10.0 Å². The van der Waals surface area contributed by atoms with Gasteiger partial charge in [-0.2, -0.15) is 0 Å². The molecule has 1 saturated heterocycles. The number of halogens is 1. The molecule has 1 aliphatic rings. The van der Waals surface area contributed by atoms with Crippen LogP contribution in [0.4, 0.5) is 5.69 Å². The van der Waals surface area contributed by atoms with Crippen LogP contribution in [0.1, 0.15) is 21.5 Å². The highest BCUT2D eigenvalue weighted by Crippen LogP contribution is 2.25. The number of carbonyl (C=O) groups excluding carboxylic acids is 1. The number of rotatable bonds is 8. The van der Waals surface area contributed by atoms with Crippen molar-refractivity contribution < 1.29 is 17.9 Å². The number of sulfonamides is 1. The lowest BCUT2D eigenvalue weighted by molar-refractivity contribution is 0.0342. The van der Waals surface area contributed by atoms with Gasteiger partial charge in [-0.25, -0.2) is 8.42 Å². The lowest BCUT2D eigenvalue weighted by Gasteiger charge is -2.26. The van der Waals surface area contributed by atoms with Crippen LogP contribution in [0.5, 0.6) is 0 Å². The zero-order valence-corrected chi connectivity index (χ0v) is 20.1. The minimum atomic E-state index is -3.96. The Hall–Kier alpha value is -2.91. The number of nitrogens with one attached hydrogen (secondary N) is 2. The predicted molar refractivity (Wildman–Crippen MR) is 132 cm³/mol. The topological polar surface area (TPSA) is 87.7 Å². The van der Waals surface area contributed by atoms with Gasteiger partial charge in [-0.3, -0.25) is 14.4 Å². The second kappa shape index (κ2) is 11.0. The van der Waals surface area contributed by atoms with E-state index in [2.05, 4.69) is 27.1 Å². The summed E-state index contributed by atoms with van der Waals surface area (Å²) < 4.78 is 33.5. The van der Waals surface area contributed by atoms with Gasteiger partial charge in [-0.05, 0) is 41.5 Å². The van der Waals surface area contributed by atoms with E-state index < -0.39 is 10.0 Å². The molecule has 0 unspecified atom stereocenters. The first kappa shape index (κ1) is 24.2. The average molecular weight is 500 g/mol. The first-order chi connectivity index (χ1) is 16.4. The Balaban J connectivity index is 1.38. The molecule has 0 saturated carbocycles. The largest absolute Gasteiger partial charge is 0.379 e. The maximum Gasteiger partial charge on any atom is 0.263 e. The highest BCUT2D eigenvalue weighted by molar-refractivity contribution is 7.92. The Morgan fingerprint density at radius 3 is 2.32 bits per heavy atom. The number of anilines is 1. The molecule has 3 aromatic rings. The summed E-state index contributed by atoms with van der Waals surface area (Å²) in [6.45, 7) is 4.58. The number of amides is 1. The number of nitrogens with zero attached hydrogens (tertiary/aromatic N) is 1. The number of carbonyl (C=O) groups is 1. The summed E-state index contributed by atoms with van der Waals surface area (Å²) in [4.78, 5) is 14.9. The van der Waals surface area contributed by atoms with Gasteiger partial charge in [0.2, 0.25) is 0 Å². The second-order valence-electron chi connectivity index (χ2n) is 8.00. The normalized spacial score (nSPS) is 14.5. The van der Waals surface area contributed by atoms with E-state index >= 15 is 0 Å². The van der Waals surface area contributed by atoms with Gasteiger partial charge in [0.1, 0.15) is 4.90 Å². The molecule has 2 N–H and O–H groups in total. The van der Waals surface area contributed by atoms with Crippen molar-refractivity contribution in [3.8, 4) is 0 Å². The maximum atomic E-state index is 12.8. The van der Waals surface area contributed by atoms with E-state index in [-0.39, 0.29) is 21.4 Å². The number of hydrogen-bond donors (Lipinski definition) is 2. The Labute approximate surface area is 204 Å². The lowest BCUT2D eigenvalue weighted by atomic mass is 10.1. The van der Waals surface area contributed by atoms with E-state index in [0.717, 1.165) is 38.4 Å². The predicted octanol–water partition coefficient (Wildman–Crippen LogP) is 3.90. The van der Waals surface area contributed by atoms with Gasteiger partial charge in [0.05, 0.1) is 18.2 Å². The van der Waals surface area contributed by atoms with Gasteiger partial charge in [0.25, 0.3) is 15.9 Å². The van der Waals surface area contributed by atoms with Crippen molar-refractivity contribution >= 4 is 33.2 Å². The molecular weight excluding hydrogens is 474 g/mol. The lowest BCUT2D eigenvalue weighted by Crippen LogP contribution is -2.35. The summed E-state index contributed by atoms with van der Waals surface area (Å²) >= 11 is 6.15. The summed E-state index contributed by atoms with van der Waals surface area (Å²) in [5.74, 6) is -0.384. The van der Waals surface area contributed by atoms with Crippen LogP contribution in [0.15, 0.2) is 77.7 Å². The Morgan fingerprint density at radius 1 is 0.941 bits per heavy atom. The first-order valence-corrected chi connectivity index (χ1v) is 12.8. The van der Waals surface area contributed by atoms with Crippen molar-refractivity contribution in [1.29, 1.82) is 0 Å². The fraction of sp³-hybridized carbons (Fsp3) is 0.240. The van der Waals surface area contributed by atoms with Gasteiger partial charge in [-0.15, -0.1) is 0 Å². The molecule has 0 atom stereocenters. The summed E-state index contributed by atoms with van der Waals surface area (Å²) in [5.41, 5.74) is 2.77.